The summed E-state index contributed by atoms with van der Waals surface area (Å²) >= 11 is 4.27. The normalized spacial score (nSPS) is 27.8. The van der Waals surface area contributed by atoms with Crippen molar-refractivity contribution in [3.63, 3.8) is 0 Å². The lowest BCUT2D eigenvalue weighted by Gasteiger charge is -2.16. The topological polar surface area (TPSA) is 169 Å². The monoisotopic (exact) mass is 381 g/mol. The fraction of sp³-hybridized carbons (Fsp3) is 0.500. The Kier molecular flexibility index (Phi) is 4.42. The third-order valence-corrected chi connectivity index (χ3v) is 4.22. The van der Waals surface area contributed by atoms with Gasteiger partial charge in [0, 0.05) is 0 Å². The Bertz CT molecular complexity index is 869. The number of aromatic nitrogens is 4. The SMILES string of the molecule is Nc1nc2c(ncn2[C@@H]2O[C@H](COP(O)(O)=S)[C@H](F)[C@@H]2O)c(=O)[nH]1. The quantitative estimate of drug-likeness (QED) is 0.394. The third-order valence-electron chi connectivity index (χ3n) is 3.42. The second-order valence-corrected chi connectivity index (χ2v) is 7.73. The van der Waals surface area contributed by atoms with Gasteiger partial charge in [0.2, 0.25) is 5.95 Å². The van der Waals surface area contributed by atoms with Crippen LogP contribution in [0.1, 0.15) is 6.23 Å². The average molecular weight is 381 g/mol. The van der Waals surface area contributed by atoms with Crippen LogP contribution in [0.15, 0.2) is 11.1 Å². The number of aromatic amines is 1. The number of nitrogens with two attached hydrogens (primary N) is 1. The molecule has 1 aliphatic heterocycles. The molecule has 0 spiro atoms. The largest absolute Gasteiger partial charge is 0.385 e. The smallest absolute Gasteiger partial charge is 0.321 e. The van der Waals surface area contributed by atoms with Crippen molar-refractivity contribution < 1.29 is 28.5 Å². The summed E-state index contributed by atoms with van der Waals surface area (Å²) in [6.45, 7) is -4.55. The summed E-state index contributed by atoms with van der Waals surface area (Å²) in [6, 6.07) is 0. The molecule has 24 heavy (non-hydrogen) atoms. The second kappa shape index (κ2) is 6.11. The van der Waals surface area contributed by atoms with Gasteiger partial charge in [0.25, 0.3) is 5.56 Å². The van der Waals surface area contributed by atoms with Crippen molar-refractivity contribution in [2.45, 2.75) is 24.6 Å². The van der Waals surface area contributed by atoms with Gasteiger partial charge in [0.05, 0.1) is 12.9 Å². The first-order chi connectivity index (χ1) is 11.2. The molecule has 0 radical (unpaired) electrons. The number of nitrogens with one attached hydrogen (secondary N) is 1. The van der Waals surface area contributed by atoms with E-state index in [1.165, 1.54) is 0 Å². The minimum absolute atomic E-state index is 0.00324. The van der Waals surface area contributed by atoms with Crippen LogP contribution in [0.25, 0.3) is 11.2 Å². The number of fused-ring (bicyclic) bond motifs is 1. The van der Waals surface area contributed by atoms with Gasteiger partial charge in [-0.25, -0.2) is 9.37 Å². The van der Waals surface area contributed by atoms with E-state index in [1.807, 2.05) is 0 Å². The van der Waals surface area contributed by atoms with Gasteiger partial charge in [-0.15, -0.1) is 0 Å². The Hall–Kier alpha value is -1.47. The molecule has 3 rings (SSSR count). The number of anilines is 1. The number of nitrogen functional groups attached to an aromatic ring is 1. The van der Waals surface area contributed by atoms with Crippen LogP contribution in [0, 0.1) is 0 Å². The van der Waals surface area contributed by atoms with Gasteiger partial charge >= 0.3 is 6.72 Å². The van der Waals surface area contributed by atoms with Crippen LogP contribution in [-0.2, 0) is 21.1 Å². The molecule has 0 bridgehead atoms. The summed E-state index contributed by atoms with van der Waals surface area (Å²) in [5.74, 6) is -0.181. The van der Waals surface area contributed by atoms with Gasteiger partial charge in [-0.1, -0.05) is 0 Å². The Labute approximate surface area is 138 Å². The molecule has 4 atom stereocenters. The maximum atomic E-state index is 14.2. The second-order valence-electron chi connectivity index (χ2n) is 5.06. The highest BCUT2D eigenvalue weighted by Gasteiger charge is 2.46. The van der Waals surface area contributed by atoms with E-state index in [0.717, 1.165) is 10.9 Å². The Balaban J connectivity index is 1.90. The van der Waals surface area contributed by atoms with Gasteiger partial charge < -0.3 is 29.9 Å². The molecule has 1 fully saturated rings. The van der Waals surface area contributed by atoms with Gasteiger partial charge in [0.1, 0.15) is 12.2 Å². The van der Waals surface area contributed by atoms with Crippen LogP contribution in [0.5, 0.6) is 0 Å². The molecule has 0 aliphatic carbocycles. The summed E-state index contributed by atoms with van der Waals surface area (Å²) in [6.07, 6.45) is -4.94. The van der Waals surface area contributed by atoms with Crippen molar-refractivity contribution in [2.24, 2.45) is 0 Å². The number of alkyl halides is 1. The number of rotatable bonds is 4. The fourth-order valence-corrected chi connectivity index (χ4v) is 2.90. The van der Waals surface area contributed by atoms with E-state index >= 15 is 0 Å². The first-order valence-electron chi connectivity index (χ1n) is 6.57. The number of halogens is 1. The maximum absolute atomic E-state index is 14.2. The van der Waals surface area contributed by atoms with E-state index in [-0.39, 0.29) is 17.1 Å². The van der Waals surface area contributed by atoms with Crippen LogP contribution >= 0.6 is 6.72 Å². The van der Waals surface area contributed by atoms with Gasteiger partial charge in [-0.3, -0.25) is 14.3 Å². The zero-order chi connectivity index (χ0) is 17.6. The van der Waals surface area contributed by atoms with Crippen LogP contribution < -0.4 is 11.3 Å². The molecule has 132 valence electrons. The lowest BCUT2D eigenvalue weighted by atomic mass is 10.1. The first kappa shape index (κ1) is 17.4. The fourth-order valence-electron chi connectivity index (χ4n) is 2.37. The molecule has 3 heterocycles. The van der Waals surface area contributed by atoms with Crippen LogP contribution in [0.4, 0.5) is 10.3 Å². The highest BCUT2D eigenvalue weighted by Crippen LogP contribution is 2.39. The summed E-state index contributed by atoms with van der Waals surface area (Å²) in [7, 11) is 0. The molecule has 1 aliphatic rings. The van der Waals surface area contributed by atoms with E-state index in [4.69, 9.17) is 20.3 Å². The lowest BCUT2D eigenvalue weighted by molar-refractivity contribution is -0.0474. The van der Waals surface area contributed by atoms with Crippen LogP contribution in [-0.4, -0.2) is 59.4 Å². The van der Waals surface area contributed by atoms with Crippen molar-refractivity contribution in [2.75, 3.05) is 12.3 Å². The highest BCUT2D eigenvalue weighted by atomic mass is 32.5. The van der Waals surface area contributed by atoms with Gasteiger partial charge in [0.15, 0.2) is 23.6 Å². The molecule has 1 saturated heterocycles. The van der Waals surface area contributed by atoms with E-state index in [2.05, 4.69) is 31.3 Å². The molecule has 11 nitrogen and oxygen atoms in total. The predicted molar refractivity (Wildman–Crippen MR) is 82.0 cm³/mol. The van der Waals surface area contributed by atoms with Crippen molar-refractivity contribution in [1.29, 1.82) is 0 Å². The molecule has 0 saturated carbocycles. The standard InChI is InChI=1S/C10H13FN5O6PS/c11-4-3(1-21-23(19,20)24)22-9(6(4)17)16-2-13-5-7(16)14-10(12)15-8(5)18/h2-4,6,9,17H,1H2,(H2,19,20,24)(H3,12,14,15,18)/t3-,4+,6+,9-/m1/s1. The number of ether oxygens (including phenoxy) is 1. The number of hydrogen-bond donors (Lipinski definition) is 5. The first-order valence-corrected chi connectivity index (χ1v) is 9.20. The Morgan fingerprint density at radius 3 is 2.96 bits per heavy atom. The summed E-state index contributed by atoms with van der Waals surface area (Å²) < 4.78 is 25.2. The van der Waals surface area contributed by atoms with Gasteiger partial charge in [-0.2, -0.15) is 4.98 Å². The highest BCUT2D eigenvalue weighted by molar-refractivity contribution is 8.06. The van der Waals surface area contributed by atoms with E-state index < -0.39 is 43.5 Å². The molecule has 0 aromatic carbocycles. The lowest BCUT2D eigenvalue weighted by Crippen LogP contribution is -2.30. The van der Waals surface area contributed by atoms with Gasteiger partial charge in [-0.05, 0) is 11.8 Å². The molecule has 14 heteroatoms. The Morgan fingerprint density at radius 1 is 1.58 bits per heavy atom. The number of imidazole rings is 1. The number of aliphatic hydroxyl groups excluding tert-OH is 1. The van der Waals surface area contributed by atoms with Crippen molar-refractivity contribution >= 4 is 35.6 Å². The van der Waals surface area contributed by atoms with E-state index in [9.17, 15) is 14.3 Å². The van der Waals surface area contributed by atoms with Crippen molar-refractivity contribution in [1.82, 2.24) is 19.5 Å². The van der Waals surface area contributed by atoms with Crippen LogP contribution in [0.2, 0.25) is 0 Å². The Morgan fingerprint density at radius 2 is 2.29 bits per heavy atom. The summed E-state index contributed by atoms with van der Waals surface area (Å²) in [4.78, 5) is 39.8. The molecular formula is C10H13FN5O6PS. The average Bonchev–Trinajstić information content (AvgIpc) is 3.00. The number of H-pyrrole nitrogens is 1. The summed E-state index contributed by atoms with van der Waals surface area (Å²) in [5.41, 5.74) is 4.82. The number of nitrogens with zero attached hydrogens (tertiary/aromatic N) is 3. The molecule has 6 N–H and O–H groups in total. The third kappa shape index (κ3) is 3.19. The van der Waals surface area contributed by atoms with Crippen molar-refractivity contribution in [3.05, 3.63) is 16.7 Å². The summed E-state index contributed by atoms with van der Waals surface area (Å²) in [5, 5.41) is 10.0. The molecule has 2 aromatic rings. The number of hydrogen-bond acceptors (Lipinski definition) is 8. The minimum atomic E-state index is -3.98. The molecule has 0 unspecified atom stereocenters. The zero-order valence-electron chi connectivity index (χ0n) is 11.8. The number of aliphatic hydroxyl groups is 1. The maximum Gasteiger partial charge on any atom is 0.321 e. The van der Waals surface area contributed by atoms with E-state index in [0.29, 0.717) is 0 Å². The molecular weight excluding hydrogens is 368 g/mol. The predicted octanol–water partition coefficient (Wildman–Crippen LogP) is -1.48. The molecule has 0 amide bonds. The molecule has 2 aromatic heterocycles. The zero-order valence-corrected chi connectivity index (χ0v) is 13.5. The van der Waals surface area contributed by atoms with E-state index in [1.54, 1.807) is 0 Å². The van der Waals surface area contributed by atoms with Crippen molar-refractivity contribution in [3.8, 4) is 0 Å². The van der Waals surface area contributed by atoms with Crippen LogP contribution in [0.3, 0.4) is 0 Å². The minimum Gasteiger partial charge on any atom is -0.385 e.